The van der Waals surface area contributed by atoms with Gasteiger partial charge < -0.3 is 10.1 Å². The first-order valence-electron chi connectivity index (χ1n) is 6.08. The molecule has 0 aromatic heterocycles. The lowest BCUT2D eigenvalue weighted by Gasteiger charge is -2.22. The Kier molecular flexibility index (Phi) is 6.98. The Bertz CT molecular complexity index is 289. The van der Waals surface area contributed by atoms with Gasteiger partial charge in [0.25, 0.3) is 10.2 Å². The molecule has 1 rings (SSSR count). The highest BCUT2D eigenvalue weighted by Crippen LogP contribution is 2.12. The van der Waals surface area contributed by atoms with E-state index in [9.17, 15) is 8.42 Å². The lowest BCUT2D eigenvalue weighted by molar-refractivity contribution is 0.204. The highest BCUT2D eigenvalue weighted by molar-refractivity contribution is 7.87. The molecule has 1 saturated heterocycles. The van der Waals surface area contributed by atoms with E-state index in [4.69, 9.17) is 4.74 Å². The van der Waals surface area contributed by atoms with Crippen LogP contribution in [0.2, 0.25) is 0 Å². The number of ether oxygens (including phenoxy) is 1. The van der Waals surface area contributed by atoms with E-state index in [1.807, 2.05) is 0 Å². The van der Waals surface area contributed by atoms with Gasteiger partial charge in [-0.3, -0.25) is 0 Å². The molecule has 0 bridgehead atoms. The summed E-state index contributed by atoms with van der Waals surface area (Å²) in [5.41, 5.74) is 0. The second kappa shape index (κ2) is 7.99. The van der Waals surface area contributed by atoms with Crippen molar-refractivity contribution in [1.82, 2.24) is 14.8 Å². The van der Waals surface area contributed by atoms with Crippen molar-refractivity contribution in [3.05, 3.63) is 0 Å². The smallest absolute Gasteiger partial charge is 0.276 e. The van der Waals surface area contributed by atoms with Crippen molar-refractivity contribution in [3.8, 4) is 0 Å². The van der Waals surface area contributed by atoms with Gasteiger partial charge in [-0.05, 0) is 38.3 Å². The molecule has 1 unspecified atom stereocenters. The van der Waals surface area contributed by atoms with Gasteiger partial charge in [0, 0.05) is 20.2 Å². The van der Waals surface area contributed by atoms with Gasteiger partial charge in [0.2, 0.25) is 0 Å². The molecular formula is C10H23N3O3S. The lowest BCUT2D eigenvalue weighted by Crippen LogP contribution is -2.40. The van der Waals surface area contributed by atoms with E-state index in [0.717, 1.165) is 19.5 Å². The van der Waals surface area contributed by atoms with Gasteiger partial charge in [-0.25, -0.2) is 4.72 Å². The Morgan fingerprint density at radius 2 is 2.12 bits per heavy atom. The molecule has 0 aromatic carbocycles. The third kappa shape index (κ3) is 6.95. The molecule has 17 heavy (non-hydrogen) atoms. The second-order valence-corrected chi connectivity index (χ2v) is 5.87. The molecule has 0 amide bonds. The van der Waals surface area contributed by atoms with Crippen molar-refractivity contribution in [3.63, 3.8) is 0 Å². The first-order chi connectivity index (χ1) is 8.14. The van der Waals surface area contributed by atoms with Crippen LogP contribution in [0.15, 0.2) is 0 Å². The summed E-state index contributed by atoms with van der Waals surface area (Å²) >= 11 is 0. The summed E-state index contributed by atoms with van der Waals surface area (Å²) in [6.07, 6.45) is 3.26. The maximum atomic E-state index is 11.5. The summed E-state index contributed by atoms with van der Waals surface area (Å²) in [7, 11) is -1.82. The molecular weight excluding hydrogens is 242 g/mol. The van der Waals surface area contributed by atoms with Crippen LogP contribution in [0.4, 0.5) is 0 Å². The van der Waals surface area contributed by atoms with Gasteiger partial charge in [-0.2, -0.15) is 13.1 Å². The van der Waals surface area contributed by atoms with E-state index >= 15 is 0 Å². The molecule has 3 N–H and O–H groups in total. The fourth-order valence-corrected chi connectivity index (χ4v) is 2.74. The second-order valence-electron chi connectivity index (χ2n) is 4.29. The molecule has 102 valence electrons. The summed E-state index contributed by atoms with van der Waals surface area (Å²) in [6, 6.07) is 0. The average Bonchev–Trinajstić information content (AvgIpc) is 2.30. The maximum Gasteiger partial charge on any atom is 0.276 e. The molecule has 0 spiro atoms. The number of hydrogen-bond acceptors (Lipinski definition) is 4. The SMILES string of the molecule is COCCNS(=O)(=O)NCCC1CCCNC1. The summed E-state index contributed by atoms with van der Waals surface area (Å²) < 4.78 is 32.6. The topological polar surface area (TPSA) is 79.5 Å². The number of hydrogen-bond donors (Lipinski definition) is 3. The van der Waals surface area contributed by atoms with Crippen LogP contribution in [-0.4, -0.2) is 48.3 Å². The van der Waals surface area contributed by atoms with Crippen molar-refractivity contribution in [2.75, 3.05) is 39.9 Å². The Morgan fingerprint density at radius 3 is 2.76 bits per heavy atom. The van der Waals surface area contributed by atoms with Gasteiger partial charge in [-0.1, -0.05) is 0 Å². The van der Waals surface area contributed by atoms with Gasteiger partial charge in [0.1, 0.15) is 0 Å². The van der Waals surface area contributed by atoms with Crippen LogP contribution in [0.5, 0.6) is 0 Å². The molecule has 0 aliphatic carbocycles. The van der Waals surface area contributed by atoms with Crippen LogP contribution in [0.3, 0.4) is 0 Å². The number of piperidine rings is 1. The van der Waals surface area contributed by atoms with Crippen LogP contribution in [0, 0.1) is 5.92 Å². The van der Waals surface area contributed by atoms with E-state index in [1.54, 1.807) is 0 Å². The van der Waals surface area contributed by atoms with E-state index in [2.05, 4.69) is 14.8 Å². The van der Waals surface area contributed by atoms with Crippen molar-refractivity contribution in [1.29, 1.82) is 0 Å². The van der Waals surface area contributed by atoms with E-state index in [-0.39, 0.29) is 0 Å². The number of rotatable bonds is 8. The minimum absolute atomic E-state index is 0.302. The molecule has 1 heterocycles. The number of methoxy groups -OCH3 is 1. The lowest BCUT2D eigenvalue weighted by atomic mass is 9.96. The third-order valence-corrected chi connectivity index (χ3v) is 4.01. The number of nitrogens with one attached hydrogen (secondary N) is 3. The quantitative estimate of drug-likeness (QED) is 0.514. The minimum Gasteiger partial charge on any atom is -0.383 e. The van der Waals surface area contributed by atoms with E-state index in [0.29, 0.717) is 25.6 Å². The molecule has 1 aliphatic rings. The predicted octanol–water partition coefficient (Wildman–Crippen LogP) is -0.553. The minimum atomic E-state index is -3.36. The van der Waals surface area contributed by atoms with Gasteiger partial charge >= 0.3 is 0 Å². The van der Waals surface area contributed by atoms with Crippen molar-refractivity contribution < 1.29 is 13.2 Å². The Balaban J connectivity index is 2.11. The Hall–Kier alpha value is -0.210. The third-order valence-electron chi connectivity index (χ3n) is 2.84. The maximum absolute atomic E-state index is 11.5. The van der Waals surface area contributed by atoms with E-state index in [1.165, 1.54) is 20.0 Å². The van der Waals surface area contributed by atoms with Crippen LogP contribution in [0.1, 0.15) is 19.3 Å². The molecule has 0 radical (unpaired) electrons. The zero-order valence-electron chi connectivity index (χ0n) is 10.4. The van der Waals surface area contributed by atoms with Crippen LogP contribution in [0.25, 0.3) is 0 Å². The van der Waals surface area contributed by atoms with Gasteiger partial charge in [0.05, 0.1) is 6.61 Å². The first kappa shape index (κ1) is 14.8. The molecule has 0 aromatic rings. The standard InChI is InChI=1S/C10H23N3O3S/c1-16-8-7-13-17(14,15)12-6-4-10-3-2-5-11-9-10/h10-13H,2-9H2,1H3. The molecule has 7 heteroatoms. The molecule has 1 atom stereocenters. The first-order valence-corrected chi connectivity index (χ1v) is 7.56. The largest absolute Gasteiger partial charge is 0.383 e. The molecule has 0 saturated carbocycles. The average molecular weight is 265 g/mol. The van der Waals surface area contributed by atoms with Crippen molar-refractivity contribution >= 4 is 10.2 Å². The Morgan fingerprint density at radius 1 is 1.35 bits per heavy atom. The van der Waals surface area contributed by atoms with Crippen LogP contribution >= 0.6 is 0 Å². The normalized spacial score (nSPS) is 21.6. The summed E-state index contributed by atoms with van der Waals surface area (Å²) in [4.78, 5) is 0. The summed E-state index contributed by atoms with van der Waals surface area (Å²) in [6.45, 7) is 3.26. The van der Waals surface area contributed by atoms with Crippen molar-refractivity contribution in [2.45, 2.75) is 19.3 Å². The van der Waals surface area contributed by atoms with E-state index < -0.39 is 10.2 Å². The van der Waals surface area contributed by atoms with Crippen molar-refractivity contribution in [2.24, 2.45) is 5.92 Å². The highest BCUT2D eigenvalue weighted by atomic mass is 32.2. The van der Waals surface area contributed by atoms with Crippen LogP contribution in [-0.2, 0) is 14.9 Å². The molecule has 6 nitrogen and oxygen atoms in total. The van der Waals surface area contributed by atoms with Crippen LogP contribution < -0.4 is 14.8 Å². The molecule has 1 fully saturated rings. The molecule has 1 aliphatic heterocycles. The van der Waals surface area contributed by atoms with Gasteiger partial charge in [-0.15, -0.1) is 0 Å². The Labute approximate surface area is 104 Å². The summed E-state index contributed by atoms with van der Waals surface area (Å²) in [5.74, 6) is 0.588. The monoisotopic (exact) mass is 265 g/mol. The zero-order valence-corrected chi connectivity index (χ0v) is 11.2. The van der Waals surface area contributed by atoms with Gasteiger partial charge in [0.15, 0.2) is 0 Å². The fourth-order valence-electron chi connectivity index (χ4n) is 1.90. The highest BCUT2D eigenvalue weighted by Gasteiger charge is 2.14. The predicted molar refractivity (Wildman–Crippen MR) is 67.0 cm³/mol. The summed E-state index contributed by atoms with van der Waals surface area (Å²) in [5, 5.41) is 3.31. The fraction of sp³-hybridized carbons (Fsp3) is 1.00. The zero-order chi connectivity index (χ0) is 12.6.